The van der Waals surface area contributed by atoms with Crippen LogP contribution in [0.5, 0.6) is 0 Å². The van der Waals surface area contributed by atoms with E-state index >= 15 is 0 Å². The highest BCUT2D eigenvalue weighted by atomic mass is 32.2. The quantitative estimate of drug-likeness (QED) is 0.404. The first-order chi connectivity index (χ1) is 16.7. The van der Waals surface area contributed by atoms with Crippen molar-refractivity contribution < 1.29 is 22.1 Å². The summed E-state index contributed by atoms with van der Waals surface area (Å²) in [4.78, 5) is 12.7. The third kappa shape index (κ3) is 3.70. The van der Waals surface area contributed by atoms with Crippen molar-refractivity contribution in [3.8, 4) is 0 Å². The van der Waals surface area contributed by atoms with Crippen LogP contribution in [0.2, 0.25) is 0 Å². The monoisotopic (exact) mass is 496 g/mol. The number of carbonyl (C=O) groups is 1. The zero-order chi connectivity index (χ0) is 24.4. The van der Waals surface area contributed by atoms with E-state index in [1.807, 2.05) is 6.92 Å². The molecule has 0 radical (unpaired) electrons. The molecule has 0 aromatic heterocycles. The number of rotatable bonds is 4. The smallest absolute Gasteiger partial charge is 0.297 e. The van der Waals surface area contributed by atoms with Crippen LogP contribution in [0.15, 0.2) is 52.5 Å². The summed E-state index contributed by atoms with van der Waals surface area (Å²) in [5, 5.41) is 0. The summed E-state index contributed by atoms with van der Waals surface area (Å²) in [6.45, 7) is 5.13. The van der Waals surface area contributed by atoms with Gasteiger partial charge in [-0.05, 0) is 86.8 Å². The van der Waals surface area contributed by atoms with Gasteiger partial charge < -0.3 is 4.74 Å². The Hall–Kier alpha value is -1.76. The highest BCUT2D eigenvalue weighted by Crippen LogP contribution is 2.66. The minimum absolute atomic E-state index is 0.0591. The molecule has 3 saturated carbocycles. The van der Waals surface area contributed by atoms with Crippen molar-refractivity contribution in [2.75, 3.05) is 13.2 Å². The van der Waals surface area contributed by atoms with E-state index in [9.17, 15) is 13.2 Å². The van der Waals surface area contributed by atoms with Crippen LogP contribution in [0.25, 0.3) is 0 Å². The molecule has 6 rings (SSSR count). The van der Waals surface area contributed by atoms with Crippen LogP contribution < -0.4 is 0 Å². The number of Topliss-reactive ketones (excluding diaryl/α,β-unsaturated/α-hetero) is 1. The van der Waals surface area contributed by atoms with Crippen molar-refractivity contribution in [3.05, 3.63) is 53.1 Å². The van der Waals surface area contributed by atoms with E-state index in [1.54, 1.807) is 24.3 Å². The van der Waals surface area contributed by atoms with Gasteiger partial charge >= 0.3 is 0 Å². The molecule has 0 bridgehead atoms. The third-order valence-electron chi connectivity index (χ3n) is 10.2. The maximum atomic E-state index is 13.0. The van der Waals surface area contributed by atoms with E-state index in [-0.39, 0.29) is 28.3 Å². The molecule has 1 heterocycles. The number of carbonyl (C=O) groups excluding carboxylic acids is 1. The molecule has 6 heteroatoms. The van der Waals surface area contributed by atoms with Crippen LogP contribution in [0.4, 0.5) is 0 Å². The average Bonchev–Trinajstić information content (AvgIpc) is 3.43. The largest absolute Gasteiger partial charge is 0.366 e. The number of hydrogen-bond acceptors (Lipinski definition) is 5. The molecular weight excluding hydrogens is 460 g/mol. The number of ketones is 1. The summed E-state index contributed by atoms with van der Waals surface area (Å²) in [5.74, 6) is 2.28. The van der Waals surface area contributed by atoms with Crippen molar-refractivity contribution in [3.63, 3.8) is 0 Å². The van der Waals surface area contributed by atoms with E-state index < -0.39 is 10.1 Å². The highest BCUT2D eigenvalue weighted by molar-refractivity contribution is 7.86. The molecular formula is C29H36O5S. The van der Waals surface area contributed by atoms with Gasteiger partial charge in [-0.1, -0.05) is 42.3 Å². The minimum atomic E-state index is -3.85. The fourth-order valence-electron chi connectivity index (χ4n) is 8.41. The van der Waals surface area contributed by atoms with Gasteiger partial charge in [-0.2, -0.15) is 8.42 Å². The second kappa shape index (κ2) is 8.39. The molecule has 0 amide bonds. The Labute approximate surface area is 209 Å². The Morgan fingerprint density at radius 1 is 1.09 bits per heavy atom. The molecule has 0 N–H and O–H groups in total. The van der Waals surface area contributed by atoms with Gasteiger partial charge in [-0.3, -0.25) is 8.98 Å². The Balaban J connectivity index is 1.30. The molecule has 188 valence electrons. The number of fused-ring (bicyclic) bond motifs is 6. The molecule has 35 heavy (non-hydrogen) atoms. The molecule has 0 saturated heterocycles. The molecule has 1 aliphatic heterocycles. The summed E-state index contributed by atoms with van der Waals surface area (Å²) in [5.41, 5.74) is 3.23. The summed E-state index contributed by atoms with van der Waals surface area (Å²) in [6, 6.07) is 6.78. The lowest BCUT2D eigenvalue weighted by Crippen LogP contribution is -2.52. The third-order valence-corrected chi connectivity index (χ3v) is 11.5. The first-order valence-electron chi connectivity index (χ1n) is 13.2. The van der Waals surface area contributed by atoms with Gasteiger partial charge in [0.2, 0.25) is 0 Å². The van der Waals surface area contributed by atoms with Gasteiger partial charge in [0.05, 0.1) is 23.7 Å². The van der Waals surface area contributed by atoms with Gasteiger partial charge in [0.1, 0.15) is 5.78 Å². The lowest BCUT2D eigenvalue weighted by molar-refractivity contribution is -0.122. The van der Waals surface area contributed by atoms with Crippen molar-refractivity contribution in [2.24, 2.45) is 29.1 Å². The van der Waals surface area contributed by atoms with E-state index in [0.717, 1.165) is 49.7 Å². The SMILES string of the molecule is Cc1ccc(S(=O)(=O)OCC2=C3CC(=O)CC[C@@H]3C3CC[C@@]4(C)C(CC[C@@]45C=CCO5)C3C2)cc1. The zero-order valence-corrected chi connectivity index (χ0v) is 21.6. The zero-order valence-electron chi connectivity index (χ0n) is 20.8. The van der Waals surface area contributed by atoms with Crippen molar-refractivity contribution >= 4 is 15.9 Å². The fourth-order valence-corrected chi connectivity index (χ4v) is 9.31. The molecule has 4 aliphatic carbocycles. The predicted octanol–water partition coefficient (Wildman–Crippen LogP) is 5.54. The maximum absolute atomic E-state index is 13.0. The molecule has 5 aliphatic rings. The highest BCUT2D eigenvalue weighted by Gasteiger charge is 2.63. The van der Waals surface area contributed by atoms with Crippen LogP contribution in [0.1, 0.15) is 63.9 Å². The molecule has 5 nitrogen and oxygen atoms in total. The Morgan fingerprint density at radius 2 is 1.89 bits per heavy atom. The normalized spacial score (nSPS) is 38.5. The van der Waals surface area contributed by atoms with Crippen molar-refractivity contribution in [2.45, 2.75) is 75.7 Å². The van der Waals surface area contributed by atoms with Gasteiger partial charge in [0.15, 0.2) is 0 Å². The fraction of sp³-hybridized carbons (Fsp3) is 0.621. The topological polar surface area (TPSA) is 69.7 Å². The standard InChI is InChI=1S/C29H36O5S/c1-19-4-7-22(8-5-19)35(31,32)34-18-20-16-26-24(23-9-6-21(30)17-25(20)23)10-13-28(2)27(26)11-14-29(28)12-3-15-33-29/h3-5,7-8,12,23-24,26-27H,6,9-11,13-18H2,1-2H3/t23-,24?,26?,27?,28+,29+/m1/s1. The van der Waals surface area contributed by atoms with Gasteiger partial charge in [-0.25, -0.2) is 0 Å². The van der Waals surface area contributed by atoms with E-state index in [0.29, 0.717) is 43.1 Å². The Morgan fingerprint density at radius 3 is 2.63 bits per heavy atom. The summed E-state index contributed by atoms with van der Waals surface area (Å²) in [7, 11) is -3.85. The van der Waals surface area contributed by atoms with Crippen LogP contribution >= 0.6 is 0 Å². The molecule has 1 aromatic carbocycles. The molecule has 1 spiro atoms. The minimum Gasteiger partial charge on any atom is -0.366 e. The molecule has 1 aromatic rings. The lowest BCUT2D eigenvalue weighted by atomic mass is 9.50. The summed E-state index contributed by atoms with van der Waals surface area (Å²) in [6.07, 6.45) is 11.9. The maximum Gasteiger partial charge on any atom is 0.297 e. The van der Waals surface area contributed by atoms with Crippen LogP contribution in [-0.4, -0.2) is 33.0 Å². The lowest BCUT2D eigenvalue weighted by Gasteiger charge is -2.56. The summed E-state index contributed by atoms with van der Waals surface area (Å²) >= 11 is 0. The van der Waals surface area contributed by atoms with E-state index in [4.69, 9.17) is 8.92 Å². The Kier molecular flexibility index (Phi) is 5.66. The summed E-state index contributed by atoms with van der Waals surface area (Å²) < 4.78 is 38.0. The Bertz CT molecular complexity index is 1200. The molecule has 6 atom stereocenters. The average molecular weight is 497 g/mol. The number of hydrogen-bond donors (Lipinski definition) is 0. The first kappa shape index (κ1) is 23.6. The van der Waals surface area contributed by atoms with E-state index in [2.05, 4.69) is 19.1 Å². The van der Waals surface area contributed by atoms with Crippen LogP contribution in [0, 0.1) is 36.0 Å². The first-order valence-corrected chi connectivity index (χ1v) is 14.6. The van der Waals surface area contributed by atoms with Crippen molar-refractivity contribution in [1.29, 1.82) is 0 Å². The van der Waals surface area contributed by atoms with Crippen LogP contribution in [0.3, 0.4) is 0 Å². The van der Waals surface area contributed by atoms with Gasteiger partial charge in [0, 0.05) is 18.3 Å². The number of ether oxygens (including phenoxy) is 1. The van der Waals surface area contributed by atoms with E-state index in [1.165, 1.54) is 5.57 Å². The molecule has 3 fully saturated rings. The molecule has 3 unspecified atom stereocenters. The van der Waals surface area contributed by atoms with Crippen LogP contribution in [-0.2, 0) is 23.8 Å². The second-order valence-electron chi connectivity index (χ2n) is 11.8. The van der Waals surface area contributed by atoms with Gasteiger partial charge in [-0.15, -0.1) is 0 Å². The predicted molar refractivity (Wildman–Crippen MR) is 133 cm³/mol. The second-order valence-corrected chi connectivity index (χ2v) is 13.4. The number of aryl methyl sites for hydroxylation is 1. The number of benzene rings is 1. The van der Waals surface area contributed by atoms with Gasteiger partial charge in [0.25, 0.3) is 10.1 Å². The number of allylic oxidation sites excluding steroid dienone is 1. The van der Waals surface area contributed by atoms with Crippen molar-refractivity contribution in [1.82, 2.24) is 0 Å².